The average Bonchev–Trinajstić information content (AvgIpc) is 3.30. The summed E-state index contributed by atoms with van der Waals surface area (Å²) in [6, 6.07) is 16.3. The highest BCUT2D eigenvalue weighted by molar-refractivity contribution is 7.99. The van der Waals surface area contributed by atoms with Gasteiger partial charge in [0.15, 0.2) is 5.82 Å². The number of alkyl halides is 2. The van der Waals surface area contributed by atoms with Crippen molar-refractivity contribution < 1.29 is 18.3 Å². The van der Waals surface area contributed by atoms with Crippen LogP contribution in [0.15, 0.2) is 78.0 Å². The van der Waals surface area contributed by atoms with Crippen LogP contribution >= 0.6 is 11.8 Å². The molecule has 162 valence electrons. The highest BCUT2D eigenvalue weighted by Crippen LogP contribution is 2.29. The van der Waals surface area contributed by atoms with Gasteiger partial charge in [0.05, 0.1) is 5.56 Å². The number of hydrogen-bond acceptors (Lipinski definition) is 6. The molecule has 0 spiro atoms. The molecule has 7 nitrogen and oxygen atoms in total. The first-order valence-corrected chi connectivity index (χ1v) is 10.3. The number of rotatable bonds is 7. The summed E-state index contributed by atoms with van der Waals surface area (Å²) in [6.07, 6.45) is 3.41. The Hall–Kier alpha value is -3.79. The fourth-order valence-electron chi connectivity index (χ4n) is 2.88. The number of aromatic nitrogens is 4. The molecular weight excluding hydrogens is 436 g/mol. The van der Waals surface area contributed by atoms with E-state index in [4.69, 9.17) is 4.74 Å². The van der Waals surface area contributed by atoms with Crippen molar-refractivity contribution in [1.82, 2.24) is 19.7 Å². The van der Waals surface area contributed by atoms with Crippen molar-refractivity contribution in [2.24, 2.45) is 0 Å². The fraction of sp³-hybridized carbons (Fsp3) is 0.0909. The van der Waals surface area contributed by atoms with Crippen LogP contribution < -0.4 is 10.1 Å². The van der Waals surface area contributed by atoms with Gasteiger partial charge in [-0.15, -0.1) is 0 Å². The second kappa shape index (κ2) is 9.56. The molecule has 0 aliphatic carbocycles. The summed E-state index contributed by atoms with van der Waals surface area (Å²) in [5, 5.41) is 6.86. The molecule has 0 saturated carbocycles. The Morgan fingerprint density at radius 1 is 1.09 bits per heavy atom. The van der Waals surface area contributed by atoms with E-state index in [1.165, 1.54) is 12.1 Å². The maximum Gasteiger partial charge on any atom is 0.288 e. The Morgan fingerprint density at radius 3 is 2.59 bits per heavy atom. The molecule has 2 heterocycles. The van der Waals surface area contributed by atoms with Gasteiger partial charge in [0, 0.05) is 29.0 Å². The number of carbonyl (C=O) groups is 1. The highest BCUT2D eigenvalue weighted by atomic mass is 32.2. The maximum absolute atomic E-state index is 12.7. The predicted molar refractivity (Wildman–Crippen MR) is 117 cm³/mol. The molecule has 1 amide bonds. The largest absolute Gasteiger partial charge is 0.439 e. The Labute approximate surface area is 186 Å². The molecule has 2 aromatic carbocycles. The molecule has 0 unspecified atom stereocenters. The maximum atomic E-state index is 12.7. The summed E-state index contributed by atoms with van der Waals surface area (Å²) < 4.78 is 32.9. The van der Waals surface area contributed by atoms with Gasteiger partial charge in [-0.25, -0.2) is 9.67 Å². The number of amides is 1. The van der Waals surface area contributed by atoms with Crippen LogP contribution in [0, 0.1) is 6.92 Å². The third-order valence-corrected chi connectivity index (χ3v) is 5.01. The molecule has 1 N–H and O–H groups in total. The Balaban J connectivity index is 1.46. The van der Waals surface area contributed by atoms with Crippen molar-refractivity contribution in [3.05, 3.63) is 84.4 Å². The lowest BCUT2D eigenvalue weighted by Crippen LogP contribution is -2.13. The van der Waals surface area contributed by atoms with Crippen molar-refractivity contribution in [2.45, 2.75) is 17.6 Å². The summed E-state index contributed by atoms with van der Waals surface area (Å²) in [6.45, 7) is 1.75. The zero-order chi connectivity index (χ0) is 22.5. The minimum atomic E-state index is -2.61. The van der Waals surface area contributed by atoms with Gasteiger partial charge in [-0.3, -0.25) is 4.79 Å². The van der Waals surface area contributed by atoms with Crippen LogP contribution in [0.2, 0.25) is 0 Å². The number of hydrogen-bond donors (Lipinski definition) is 1. The lowest BCUT2D eigenvalue weighted by molar-refractivity contribution is 0.102. The van der Waals surface area contributed by atoms with Gasteiger partial charge in [0.2, 0.25) is 5.88 Å². The number of halogens is 2. The number of carbonyl (C=O) groups excluding carboxylic acids is 1. The van der Waals surface area contributed by atoms with Crippen LogP contribution in [0.4, 0.5) is 14.5 Å². The summed E-state index contributed by atoms with van der Waals surface area (Å²) in [5.41, 5.74) is 0.677. The standard InChI is InChI=1S/C22H17F2N5O2S/c1-14-26-19(29-12-4-11-25-29)13-20(27-14)31-16-9-7-15(8-10-16)28-21(30)17-5-2-3-6-18(17)32-22(23)24/h2-13,22H,1H3,(H,28,30). The highest BCUT2D eigenvalue weighted by Gasteiger charge is 2.15. The molecule has 0 fully saturated rings. The Kier molecular flexibility index (Phi) is 6.41. The van der Waals surface area contributed by atoms with E-state index in [2.05, 4.69) is 20.4 Å². The second-order valence-corrected chi connectivity index (χ2v) is 7.55. The number of anilines is 1. The van der Waals surface area contributed by atoms with Crippen molar-refractivity contribution in [3.8, 4) is 17.4 Å². The molecule has 0 saturated heterocycles. The quantitative estimate of drug-likeness (QED) is 0.381. The third kappa shape index (κ3) is 5.27. The van der Waals surface area contributed by atoms with Crippen molar-refractivity contribution >= 4 is 23.4 Å². The topological polar surface area (TPSA) is 81.9 Å². The number of nitrogens with one attached hydrogen (secondary N) is 1. The summed E-state index contributed by atoms with van der Waals surface area (Å²) >= 11 is 0.336. The van der Waals surface area contributed by atoms with E-state index in [1.54, 1.807) is 72.5 Å². The molecule has 0 aliphatic rings. The number of nitrogens with zero attached hydrogens (tertiary/aromatic N) is 4. The minimum absolute atomic E-state index is 0.181. The van der Waals surface area contributed by atoms with Gasteiger partial charge in [-0.1, -0.05) is 23.9 Å². The number of benzene rings is 2. The normalized spacial score (nSPS) is 10.9. The molecule has 0 atom stereocenters. The minimum Gasteiger partial charge on any atom is -0.439 e. The average molecular weight is 453 g/mol. The third-order valence-electron chi connectivity index (χ3n) is 4.22. The van der Waals surface area contributed by atoms with Crippen LogP contribution in [0.1, 0.15) is 16.2 Å². The second-order valence-electron chi connectivity index (χ2n) is 6.52. The van der Waals surface area contributed by atoms with Gasteiger partial charge < -0.3 is 10.1 Å². The monoisotopic (exact) mass is 453 g/mol. The van der Waals surface area contributed by atoms with Crippen LogP contribution in [0.25, 0.3) is 5.82 Å². The summed E-state index contributed by atoms with van der Waals surface area (Å²) in [5.74, 6) is -1.14. The SMILES string of the molecule is Cc1nc(Oc2ccc(NC(=O)c3ccccc3SC(F)F)cc2)cc(-n2cccn2)n1. The molecule has 4 rings (SSSR count). The molecule has 0 radical (unpaired) electrons. The molecular formula is C22H17F2N5O2S. The molecule has 32 heavy (non-hydrogen) atoms. The first-order chi connectivity index (χ1) is 15.5. The van der Waals surface area contributed by atoms with Crippen LogP contribution in [-0.2, 0) is 0 Å². The zero-order valence-corrected chi connectivity index (χ0v) is 17.6. The van der Waals surface area contributed by atoms with Crippen LogP contribution in [0.3, 0.4) is 0 Å². The van der Waals surface area contributed by atoms with E-state index in [0.29, 0.717) is 40.7 Å². The lowest BCUT2D eigenvalue weighted by Gasteiger charge is -2.11. The van der Waals surface area contributed by atoms with Crippen LogP contribution in [-0.4, -0.2) is 31.4 Å². The first kappa shape index (κ1) is 21.4. The molecule has 2 aromatic heterocycles. The number of aryl methyl sites for hydroxylation is 1. The van der Waals surface area contributed by atoms with Crippen LogP contribution in [0.5, 0.6) is 11.6 Å². The predicted octanol–water partition coefficient (Wildman–Crippen LogP) is 5.33. The number of thioether (sulfide) groups is 1. The molecule has 0 bridgehead atoms. The Bertz CT molecular complexity index is 1220. The zero-order valence-electron chi connectivity index (χ0n) is 16.8. The van der Waals surface area contributed by atoms with Crippen molar-refractivity contribution in [2.75, 3.05) is 5.32 Å². The molecule has 10 heteroatoms. The Morgan fingerprint density at radius 2 is 1.88 bits per heavy atom. The van der Waals surface area contributed by atoms with E-state index in [1.807, 2.05) is 0 Å². The van der Waals surface area contributed by atoms with Gasteiger partial charge in [0.25, 0.3) is 11.7 Å². The van der Waals surface area contributed by atoms with Gasteiger partial charge in [-0.2, -0.15) is 18.9 Å². The van der Waals surface area contributed by atoms with E-state index in [-0.39, 0.29) is 10.5 Å². The van der Waals surface area contributed by atoms with Crippen molar-refractivity contribution in [3.63, 3.8) is 0 Å². The van der Waals surface area contributed by atoms with Gasteiger partial charge in [-0.05, 0) is 49.4 Å². The van der Waals surface area contributed by atoms with Crippen molar-refractivity contribution in [1.29, 1.82) is 0 Å². The van der Waals surface area contributed by atoms with E-state index in [0.717, 1.165) is 0 Å². The summed E-state index contributed by atoms with van der Waals surface area (Å²) in [4.78, 5) is 21.4. The van der Waals surface area contributed by atoms with Gasteiger partial charge in [0.1, 0.15) is 11.6 Å². The number of ether oxygens (including phenoxy) is 1. The first-order valence-electron chi connectivity index (χ1n) is 9.47. The fourth-order valence-corrected chi connectivity index (χ4v) is 3.51. The van der Waals surface area contributed by atoms with E-state index >= 15 is 0 Å². The summed E-state index contributed by atoms with van der Waals surface area (Å²) in [7, 11) is 0. The smallest absolute Gasteiger partial charge is 0.288 e. The van der Waals surface area contributed by atoms with E-state index in [9.17, 15) is 13.6 Å². The van der Waals surface area contributed by atoms with E-state index < -0.39 is 11.7 Å². The molecule has 4 aromatic rings. The molecule has 0 aliphatic heterocycles. The lowest BCUT2D eigenvalue weighted by atomic mass is 10.2. The van der Waals surface area contributed by atoms with Gasteiger partial charge >= 0.3 is 0 Å².